The zero-order valence-electron chi connectivity index (χ0n) is 15.5. The van der Waals surface area contributed by atoms with E-state index >= 15 is 0 Å². The molecule has 4 nitrogen and oxygen atoms in total. The highest BCUT2D eigenvalue weighted by molar-refractivity contribution is 5.84. The van der Waals surface area contributed by atoms with Gasteiger partial charge in [-0.1, -0.05) is 42.0 Å². The van der Waals surface area contributed by atoms with Crippen LogP contribution in [0.1, 0.15) is 16.7 Å². The van der Waals surface area contributed by atoms with Crippen LogP contribution < -0.4 is 4.74 Å². The number of imidazole rings is 1. The average molecular weight is 355 g/mol. The Bertz CT molecular complexity index is 1080. The lowest BCUT2D eigenvalue weighted by Crippen LogP contribution is -1.99. The number of methoxy groups -OCH3 is 1. The molecule has 0 amide bonds. The smallest absolute Gasteiger partial charge is 0.230 e. The number of para-hydroxylation sites is 2. The Labute approximate surface area is 158 Å². The van der Waals surface area contributed by atoms with Gasteiger partial charge in [0.15, 0.2) is 0 Å². The minimum Gasteiger partial charge on any atom is -0.497 e. The van der Waals surface area contributed by atoms with Crippen LogP contribution in [0.25, 0.3) is 11.0 Å². The lowest BCUT2D eigenvalue weighted by Gasteiger charge is -2.07. The molecule has 1 heterocycles. The maximum atomic E-state index is 5.20. The summed E-state index contributed by atoms with van der Waals surface area (Å²) >= 11 is 0. The summed E-state index contributed by atoms with van der Waals surface area (Å²) < 4.78 is 7.36. The number of aromatic nitrogens is 2. The molecule has 3 aromatic carbocycles. The first-order chi connectivity index (χ1) is 13.2. The summed E-state index contributed by atoms with van der Waals surface area (Å²) in [5.41, 5.74) is 5.52. The molecular formula is C23H21N3O. The molecular weight excluding hydrogens is 334 g/mol. The summed E-state index contributed by atoms with van der Waals surface area (Å²) in [6.45, 7) is 2.83. The molecule has 4 aromatic rings. The molecule has 1 aromatic heterocycles. The van der Waals surface area contributed by atoms with Gasteiger partial charge in [0.25, 0.3) is 0 Å². The van der Waals surface area contributed by atoms with E-state index in [0.29, 0.717) is 5.95 Å². The predicted molar refractivity (Wildman–Crippen MR) is 110 cm³/mol. The number of hydrogen-bond acceptors (Lipinski definition) is 3. The molecule has 0 saturated carbocycles. The lowest BCUT2D eigenvalue weighted by atomic mass is 10.1. The third-order valence-corrected chi connectivity index (χ3v) is 4.54. The summed E-state index contributed by atoms with van der Waals surface area (Å²) in [5, 5.41) is 0. The minimum atomic E-state index is 0.701. The number of nitrogens with zero attached hydrogens (tertiary/aromatic N) is 3. The zero-order valence-corrected chi connectivity index (χ0v) is 15.5. The van der Waals surface area contributed by atoms with Gasteiger partial charge in [-0.2, -0.15) is 0 Å². The quantitative estimate of drug-likeness (QED) is 0.464. The summed E-state index contributed by atoms with van der Waals surface area (Å²) in [6.07, 6.45) is 1.84. The maximum Gasteiger partial charge on any atom is 0.230 e. The molecule has 4 rings (SSSR count). The van der Waals surface area contributed by atoms with Crippen LogP contribution in [0.2, 0.25) is 0 Å². The summed E-state index contributed by atoms with van der Waals surface area (Å²) in [6, 6.07) is 24.5. The molecule has 0 unspecified atom stereocenters. The van der Waals surface area contributed by atoms with Crippen molar-refractivity contribution in [2.45, 2.75) is 13.5 Å². The van der Waals surface area contributed by atoms with Crippen LogP contribution in [0.3, 0.4) is 0 Å². The van der Waals surface area contributed by atoms with E-state index < -0.39 is 0 Å². The van der Waals surface area contributed by atoms with E-state index in [9.17, 15) is 0 Å². The van der Waals surface area contributed by atoms with Gasteiger partial charge in [-0.05, 0) is 54.4 Å². The second kappa shape index (κ2) is 7.46. The topological polar surface area (TPSA) is 39.4 Å². The molecule has 134 valence electrons. The van der Waals surface area contributed by atoms with E-state index in [1.54, 1.807) is 7.11 Å². The molecule has 0 fully saturated rings. The SMILES string of the molecule is COc1ccc(/C=N/c2nc3ccccc3n2Cc2ccc(C)cc2)cc1. The second-order valence-electron chi connectivity index (χ2n) is 6.50. The summed E-state index contributed by atoms with van der Waals surface area (Å²) in [7, 11) is 1.66. The molecule has 0 aliphatic heterocycles. The Morgan fingerprint density at radius 1 is 0.963 bits per heavy atom. The van der Waals surface area contributed by atoms with Gasteiger partial charge in [-0.3, -0.25) is 0 Å². The Balaban J connectivity index is 1.70. The van der Waals surface area contributed by atoms with E-state index in [1.807, 2.05) is 48.7 Å². The third kappa shape index (κ3) is 3.75. The third-order valence-electron chi connectivity index (χ3n) is 4.54. The van der Waals surface area contributed by atoms with Gasteiger partial charge in [0.05, 0.1) is 24.7 Å². The van der Waals surface area contributed by atoms with Crippen molar-refractivity contribution in [3.05, 3.63) is 89.5 Å². The van der Waals surface area contributed by atoms with Gasteiger partial charge in [0.2, 0.25) is 5.95 Å². The van der Waals surface area contributed by atoms with E-state index in [-0.39, 0.29) is 0 Å². The van der Waals surface area contributed by atoms with Gasteiger partial charge in [0.1, 0.15) is 5.75 Å². The Morgan fingerprint density at radius 3 is 2.44 bits per heavy atom. The largest absolute Gasteiger partial charge is 0.497 e. The first kappa shape index (κ1) is 17.0. The fourth-order valence-corrected chi connectivity index (χ4v) is 3.02. The van der Waals surface area contributed by atoms with Crippen molar-refractivity contribution in [1.29, 1.82) is 0 Å². The number of rotatable bonds is 5. The van der Waals surface area contributed by atoms with E-state index in [2.05, 4.69) is 46.8 Å². The van der Waals surface area contributed by atoms with Crippen LogP contribution >= 0.6 is 0 Å². The van der Waals surface area contributed by atoms with Gasteiger partial charge >= 0.3 is 0 Å². The van der Waals surface area contributed by atoms with E-state index in [4.69, 9.17) is 9.72 Å². The molecule has 0 atom stereocenters. The van der Waals surface area contributed by atoms with Crippen LogP contribution in [-0.2, 0) is 6.54 Å². The van der Waals surface area contributed by atoms with Crippen molar-refractivity contribution in [1.82, 2.24) is 9.55 Å². The summed E-state index contributed by atoms with van der Waals surface area (Å²) in [4.78, 5) is 9.38. The van der Waals surface area contributed by atoms with Crippen molar-refractivity contribution in [2.75, 3.05) is 7.11 Å². The minimum absolute atomic E-state index is 0.701. The van der Waals surface area contributed by atoms with Gasteiger partial charge in [-0.25, -0.2) is 9.98 Å². The molecule has 0 bridgehead atoms. The molecule has 0 saturated heterocycles. The van der Waals surface area contributed by atoms with Gasteiger partial charge in [-0.15, -0.1) is 0 Å². The molecule has 0 radical (unpaired) electrons. The van der Waals surface area contributed by atoms with Crippen molar-refractivity contribution < 1.29 is 4.74 Å². The van der Waals surface area contributed by atoms with Crippen LogP contribution in [0.4, 0.5) is 5.95 Å². The molecule has 27 heavy (non-hydrogen) atoms. The van der Waals surface area contributed by atoms with Crippen LogP contribution in [0.15, 0.2) is 77.8 Å². The molecule has 0 spiro atoms. The molecule has 0 N–H and O–H groups in total. The van der Waals surface area contributed by atoms with Crippen LogP contribution in [0.5, 0.6) is 5.75 Å². The van der Waals surface area contributed by atoms with Crippen LogP contribution in [-0.4, -0.2) is 22.9 Å². The first-order valence-corrected chi connectivity index (χ1v) is 8.92. The molecule has 4 heteroatoms. The van der Waals surface area contributed by atoms with Crippen molar-refractivity contribution in [3.8, 4) is 5.75 Å². The highest BCUT2D eigenvalue weighted by Crippen LogP contribution is 2.23. The maximum absolute atomic E-state index is 5.20. The monoisotopic (exact) mass is 355 g/mol. The lowest BCUT2D eigenvalue weighted by molar-refractivity contribution is 0.415. The summed E-state index contributed by atoms with van der Waals surface area (Å²) in [5.74, 6) is 1.53. The first-order valence-electron chi connectivity index (χ1n) is 8.92. The Morgan fingerprint density at radius 2 is 1.70 bits per heavy atom. The van der Waals surface area contributed by atoms with Crippen molar-refractivity contribution >= 4 is 23.2 Å². The zero-order chi connectivity index (χ0) is 18.6. The Kier molecular flexibility index (Phi) is 4.71. The number of fused-ring (bicyclic) bond motifs is 1. The number of aryl methyl sites for hydroxylation is 1. The normalized spacial score (nSPS) is 11.3. The average Bonchev–Trinajstić information content (AvgIpc) is 3.06. The van der Waals surface area contributed by atoms with Crippen LogP contribution in [0, 0.1) is 6.92 Å². The highest BCUT2D eigenvalue weighted by Gasteiger charge is 2.10. The fourth-order valence-electron chi connectivity index (χ4n) is 3.02. The Hall–Kier alpha value is -3.40. The van der Waals surface area contributed by atoms with E-state index in [1.165, 1.54) is 11.1 Å². The number of aliphatic imine (C=N–C) groups is 1. The fraction of sp³-hybridized carbons (Fsp3) is 0.130. The standard InChI is InChI=1S/C23H21N3O/c1-17-7-9-19(10-8-17)16-26-22-6-4-3-5-21(22)25-23(26)24-15-18-11-13-20(27-2)14-12-18/h3-15H,16H2,1-2H3/b24-15+. The van der Waals surface area contributed by atoms with Gasteiger partial charge < -0.3 is 9.30 Å². The van der Waals surface area contributed by atoms with Gasteiger partial charge in [0, 0.05) is 6.21 Å². The molecule has 0 aliphatic rings. The predicted octanol–water partition coefficient (Wildman–Crippen LogP) is 5.15. The second-order valence-corrected chi connectivity index (χ2v) is 6.50. The number of ether oxygens (including phenoxy) is 1. The van der Waals surface area contributed by atoms with Crippen molar-refractivity contribution in [3.63, 3.8) is 0 Å². The van der Waals surface area contributed by atoms with E-state index in [0.717, 1.165) is 28.9 Å². The number of benzene rings is 3. The molecule has 0 aliphatic carbocycles. The highest BCUT2D eigenvalue weighted by atomic mass is 16.5. The van der Waals surface area contributed by atoms with Crippen molar-refractivity contribution in [2.24, 2.45) is 4.99 Å². The number of hydrogen-bond donors (Lipinski definition) is 0.